The number of rotatable bonds is 2. The summed E-state index contributed by atoms with van der Waals surface area (Å²) in [7, 11) is 0. The standard InChI is InChI=1S/C11H12N2O3/c1-6(2)13-9-5-7(10(14)15)3-4-8(9)12-11(13)16/h3-6H,1-2H3,(H,12,16)(H,14,15). The van der Waals surface area contributed by atoms with Crippen molar-refractivity contribution in [2.75, 3.05) is 0 Å². The number of carbonyl (C=O) groups is 1. The minimum Gasteiger partial charge on any atom is -0.478 e. The van der Waals surface area contributed by atoms with Gasteiger partial charge >= 0.3 is 11.7 Å². The number of carboxylic acid groups (broad SMARTS) is 1. The molecule has 0 aliphatic carbocycles. The quantitative estimate of drug-likeness (QED) is 0.807. The molecule has 1 aromatic carbocycles. The van der Waals surface area contributed by atoms with Crippen LogP contribution in [0.1, 0.15) is 30.2 Å². The summed E-state index contributed by atoms with van der Waals surface area (Å²) in [5.74, 6) is -0.995. The highest BCUT2D eigenvalue weighted by Gasteiger charge is 2.11. The Hall–Kier alpha value is -2.04. The molecule has 2 aromatic rings. The Labute approximate surface area is 91.3 Å². The number of aromatic carboxylic acids is 1. The van der Waals surface area contributed by atoms with Crippen LogP contribution in [0.15, 0.2) is 23.0 Å². The molecule has 1 heterocycles. The van der Waals surface area contributed by atoms with Gasteiger partial charge in [0.25, 0.3) is 0 Å². The largest absolute Gasteiger partial charge is 0.478 e. The van der Waals surface area contributed by atoms with Gasteiger partial charge in [0.1, 0.15) is 0 Å². The maximum absolute atomic E-state index is 11.6. The summed E-state index contributed by atoms with van der Waals surface area (Å²) in [6.07, 6.45) is 0. The third-order valence-corrected chi connectivity index (χ3v) is 2.48. The van der Waals surface area contributed by atoms with E-state index >= 15 is 0 Å². The van der Waals surface area contributed by atoms with Crippen molar-refractivity contribution in [3.05, 3.63) is 34.2 Å². The van der Waals surface area contributed by atoms with Crippen molar-refractivity contribution >= 4 is 17.0 Å². The average Bonchev–Trinajstić information content (AvgIpc) is 2.51. The third-order valence-electron chi connectivity index (χ3n) is 2.48. The Morgan fingerprint density at radius 1 is 1.44 bits per heavy atom. The Balaban J connectivity index is 2.79. The number of fused-ring (bicyclic) bond motifs is 1. The van der Waals surface area contributed by atoms with E-state index in [1.54, 1.807) is 10.6 Å². The van der Waals surface area contributed by atoms with Gasteiger partial charge in [-0.3, -0.25) is 4.57 Å². The van der Waals surface area contributed by atoms with Crippen molar-refractivity contribution in [2.24, 2.45) is 0 Å². The molecule has 0 aliphatic rings. The molecule has 0 atom stereocenters. The Morgan fingerprint density at radius 2 is 2.12 bits per heavy atom. The molecule has 0 unspecified atom stereocenters. The molecule has 0 bridgehead atoms. The number of benzene rings is 1. The molecule has 0 spiro atoms. The van der Waals surface area contributed by atoms with Crippen molar-refractivity contribution < 1.29 is 9.90 Å². The highest BCUT2D eigenvalue weighted by Crippen LogP contribution is 2.16. The van der Waals surface area contributed by atoms with Crippen molar-refractivity contribution in [1.82, 2.24) is 9.55 Å². The first-order valence-electron chi connectivity index (χ1n) is 4.98. The lowest BCUT2D eigenvalue weighted by Crippen LogP contribution is -2.18. The van der Waals surface area contributed by atoms with Crippen LogP contribution in [0.2, 0.25) is 0 Å². The number of nitrogens with one attached hydrogen (secondary N) is 1. The van der Waals surface area contributed by atoms with Gasteiger partial charge in [0.05, 0.1) is 16.6 Å². The molecular weight excluding hydrogens is 208 g/mol. The van der Waals surface area contributed by atoms with Crippen LogP contribution in [0, 0.1) is 0 Å². The van der Waals surface area contributed by atoms with Gasteiger partial charge in [-0.1, -0.05) is 0 Å². The summed E-state index contributed by atoms with van der Waals surface area (Å²) in [4.78, 5) is 25.1. The van der Waals surface area contributed by atoms with Gasteiger partial charge in [0.2, 0.25) is 0 Å². The van der Waals surface area contributed by atoms with E-state index in [0.29, 0.717) is 11.0 Å². The van der Waals surface area contributed by atoms with Crippen molar-refractivity contribution in [3.63, 3.8) is 0 Å². The predicted molar refractivity (Wildman–Crippen MR) is 59.9 cm³/mol. The molecule has 0 saturated carbocycles. The SMILES string of the molecule is CC(C)n1c(=O)[nH]c2ccc(C(=O)O)cc21. The molecule has 5 nitrogen and oxygen atoms in total. The first-order valence-corrected chi connectivity index (χ1v) is 4.98. The molecular formula is C11H12N2O3. The van der Waals surface area contributed by atoms with Crippen LogP contribution in [0.4, 0.5) is 0 Å². The van der Waals surface area contributed by atoms with Crippen LogP contribution in [0.25, 0.3) is 11.0 Å². The third kappa shape index (κ3) is 1.50. The Morgan fingerprint density at radius 3 is 2.69 bits per heavy atom. The van der Waals surface area contributed by atoms with Gasteiger partial charge < -0.3 is 10.1 Å². The Bertz CT molecular complexity index is 607. The van der Waals surface area contributed by atoms with Crippen LogP contribution in [-0.2, 0) is 0 Å². The van der Waals surface area contributed by atoms with Crippen LogP contribution < -0.4 is 5.69 Å². The van der Waals surface area contributed by atoms with E-state index in [1.165, 1.54) is 12.1 Å². The maximum atomic E-state index is 11.6. The fraction of sp³-hybridized carbons (Fsp3) is 0.273. The molecule has 84 valence electrons. The number of aromatic nitrogens is 2. The summed E-state index contributed by atoms with van der Waals surface area (Å²) >= 11 is 0. The lowest BCUT2D eigenvalue weighted by molar-refractivity contribution is 0.0697. The van der Waals surface area contributed by atoms with Gasteiger partial charge in [-0.05, 0) is 32.0 Å². The van der Waals surface area contributed by atoms with E-state index < -0.39 is 5.97 Å². The molecule has 16 heavy (non-hydrogen) atoms. The van der Waals surface area contributed by atoms with E-state index in [4.69, 9.17) is 5.11 Å². The van der Waals surface area contributed by atoms with Crippen LogP contribution in [0.3, 0.4) is 0 Å². The van der Waals surface area contributed by atoms with E-state index in [-0.39, 0.29) is 17.3 Å². The van der Waals surface area contributed by atoms with Gasteiger partial charge in [0, 0.05) is 6.04 Å². The van der Waals surface area contributed by atoms with E-state index in [9.17, 15) is 9.59 Å². The van der Waals surface area contributed by atoms with Crippen molar-refractivity contribution in [2.45, 2.75) is 19.9 Å². The first-order chi connectivity index (χ1) is 7.50. The second kappa shape index (κ2) is 3.52. The van der Waals surface area contributed by atoms with E-state index in [2.05, 4.69) is 4.98 Å². The van der Waals surface area contributed by atoms with Gasteiger partial charge in [-0.2, -0.15) is 0 Å². The van der Waals surface area contributed by atoms with Crippen molar-refractivity contribution in [1.29, 1.82) is 0 Å². The van der Waals surface area contributed by atoms with E-state index in [0.717, 1.165) is 0 Å². The van der Waals surface area contributed by atoms with Crippen LogP contribution in [-0.4, -0.2) is 20.6 Å². The minimum atomic E-state index is -0.995. The summed E-state index contributed by atoms with van der Waals surface area (Å²) in [5, 5.41) is 8.88. The molecule has 0 radical (unpaired) electrons. The zero-order valence-corrected chi connectivity index (χ0v) is 9.02. The predicted octanol–water partition coefficient (Wildman–Crippen LogP) is 1.61. The summed E-state index contributed by atoms with van der Waals surface area (Å²) < 4.78 is 1.54. The van der Waals surface area contributed by atoms with Gasteiger partial charge in [-0.25, -0.2) is 9.59 Å². The fourth-order valence-corrected chi connectivity index (χ4v) is 1.77. The highest BCUT2D eigenvalue weighted by atomic mass is 16.4. The lowest BCUT2D eigenvalue weighted by Gasteiger charge is -2.06. The topological polar surface area (TPSA) is 75.1 Å². The molecule has 2 N–H and O–H groups in total. The maximum Gasteiger partial charge on any atom is 0.335 e. The van der Waals surface area contributed by atoms with Gasteiger partial charge in [-0.15, -0.1) is 0 Å². The fourth-order valence-electron chi connectivity index (χ4n) is 1.77. The smallest absolute Gasteiger partial charge is 0.335 e. The number of imidazole rings is 1. The normalized spacial score (nSPS) is 11.2. The number of hydrogen-bond acceptors (Lipinski definition) is 2. The zero-order chi connectivity index (χ0) is 11.9. The zero-order valence-electron chi connectivity index (χ0n) is 9.02. The molecule has 0 saturated heterocycles. The summed E-state index contributed by atoms with van der Waals surface area (Å²) in [6.45, 7) is 3.75. The monoisotopic (exact) mass is 220 g/mol. The molecule has 2 rings (SSSR count). The van der Waals surface area contributed by atoms with Crippen LogP contribution in [0.5, 0.6) is 0 Å². The number of H-pyrrole nitrogens is 1. The average molecular weight is 220 g/mol. The van der Waals surface area contributed by atoms with E-state index in [1.807, 2.05) is 13.8 Å². The summed E-state index contributed by atoms with van der Waals surface area (Å²) in [5.41, 5.74) is 1.25. The number of aromatic amines is 1. The molecule has 1 aromatic heterocycles. The summed E-state index contributed by atoms with van der Waals surface area (Å²) in [6, 6.07) is 4.59. The lowest BCUT2D eigenvalue weighted by atomic mass is 10.2. The second-order valence-electron chi connectivity index (χ2n) is 3.93. The van der Waals surface area contributed by atoms with Crippen LogP contribution >= 0.6 is 0 Å². The van der Waals surface area contributed by atoms with Gasteiger partial charge in [0.15, 0.2) is 0 Å². The first kappa shape index (κ1) is 10.5. The number of hydrogen-bond donors (Lipinski definition) is 2. The molecule has 0 amide bonds. The molecule has 0 fully saturated rings. The van der Waals surface area contributed by atoms with Crippen molar-refractivity contribution in [3.8, 4) is 0 Å². The second-order valence-corrected chi connectivity index (χ2v) is 3.93. The Kier molecular flexibility index (Phi) is 2.30. The number of nitrogens with zero attached hydrogens (tertiary/aromatic N) is 1. The highest BCUT2D eigenvalue weighted by molar-refractivity contribution is 5.92. The number of carboxylic acids is 1. The minimum absolute atomic E-state index is 0.00899. The molecule has 0 aliphatic heterocycles. The molecule has 5 heteroatoms.